The zero-order valence-corrected chi connectivity index (χ0v) is 8.03. The summed E-state index contributed by atoms with van der Waals surface area (Å²) >= 11 is 0. The van der Waals surface area contributed by atoms with E-state index in [2.05, 4.69) is 5.32 Å². The maximum absolute atomic E-state index is 9.33. The van der Waals surface area contributed by atoms with Gasteiger partial charge in [-0.05, 0) is 43.0 Å². The minimum Gasteiger partial charge on any atom is -0.508 e. The topological polar surface area (TPSA) is 52.5 Å². The molecule has 2 rings (SSSR count). The monoisotopic (exact) mass is 193 g/mol. The van der Waals surface area contributed by atoms with Gasteiger partial charge in [-0.3, -0.25) is 0 Å². The van der Waals surface area contributed by atoms with Gasteiger partial charge in [0.05, 0.1) is 6.61 Å². The van der Waals surface area contributed by atoms with Crippen LogP contribution in [0, 0.1) is 0 Å². The molecule has 0 bridgehead atoms. The van der Waals surface area contributed by atoms with Crippen LogP contribution in [0.25, 0.3) is 0 Å². The molecule has 1 heterocycles. The highest BCUT2D eigenvalue weighted by molar-refractivity contribution is 5.55. The molecule has 3 N–H and O–H groups in total. The van der Waals surface area contributed by atoms with Crippen LogP contribution in [0.4, 0.5) is 5.69 Å². The van der Waals surface area contributed by atoms with Crippen LogP contribution in [0.5, 0.6) is 5.75 Å². The lowest BCUT2D eigenvalue weighted by Gasteiger charge is -2.15. The van der Waals surface area contributed by atoms with Crippen LogP contribution in [-0.2, 0) is 6.42 Å². The quantitative estimate of drug-likeness (QED) is 0.592. The van der Waals surface area contributed by atoms with Crippen molar-refractivity contribution >= 4 is 5.69 Å². The van der Waals surface area contributed by atoms with Crippen molar-refractivity contribution in [3.8, 4) is 5.75 Å². The number of aliphatic hydroxyl groups is 1. The minimum atomic E-state index is 0.154. The summed E-state index contributed by atoms with van der Waals surface area (Å²) in [6.45, 7) is 0.167. The first-order valence-corrected chi connectivity index (χ1v) is 4.99. The molecule has 1 unspecified atom stereocenters. The van der Waals surface area contributed by atoms with Crippen molar-refractivity contribution in [2.45, 2.75) is 25.3 Å². The number of aromatic hydroxyl groups is 1. The Kier molecular flexibility index (Phi) is 2.59. The van der Waals surface area contributed by atoms with E-state index in [4.69, 9.17) is 5.11 Å². The summed E-state index contributed by atoms with van der Waals surface area (Å²) in [5.41, 5.74) is 2.18. The van der Waals surface area contributed by atoms with Crippen molar-refractivity contribution in [1.82, 2.24) is 0 Å². The molecule has 1 atom stereocenters. The fraction of sp³-hybridized carbons (Fsp3) is 0.455. The Hall–Kier alpha value is -1.22. The minimum absolute atomic E-state index is 0.154. The van der Waals surface area contributed by atoms with Gasteiger partial charge in [0.2, 0.25) is 0 Å². The number of hydrogen-bond donors (Lipinski definition) is 3. The van der Waals surface area contributed by atoms with Crippen molar-refractivity contribution in [2.24, 2.45) is 0 Å². The van der Waals surface area contributed by atoms with Crippen LogP contribution >= 0.6 is 0 Å². The van der Waals surface area contributed by atoms with Gasteiger partial charge in [-0.25, -0.2) is 0 Å². The van der Waals surface area contributed by atoms with E-state index in [9.17, 15) is 5.11 Å². The Morgan fingerprint density at radius 1 is 1.43 bits per heavy atom. The van der Waals surface area contributed by atoms with E-state index in [0.717, 1.165) is 30.5 Å². The average molecular weight is 193 g/mol. The second-order valence-corrected chi connectivity index (χ2v) is 3.76. The standard InChI is InChI=1S/C11H15NO2/c13-7-9-3-1-2-8-6-10(14)4-5-11(8)12-9/h4-6,9,12-14H,1-3,7H2. The fourth-order valence-electron chi connectivity index (χ4n) is 1.90. The van der Waals surface area contributed by atoms with E-state index in [1.165, 1.54) is 0 Å². The van der Waals surface area contributed by atoms with Crippen LogP contribution in [0.15, 0.2) is 18.2 Å². The number of fused-ring (bicyclic) bond motifs is 1. The van der Waals surface area contributed by atoms with E-state index in [0.29, 0.717) is 5.75 Å². The molecule has 0 radical (unpaired) electrons. The van der Waals surface area contributed by atoms with Gasteiger partial charge < -0.3 is 15.5 Å². The molecule has 0 aliphatic carbocycles. The highest BCUT2D eigenvalue weighted by atomic mass is 16.3. The summed E-state index contributed by atoms with van der Waals surface area (Å²) in [5, 5.41) is 21.7. The molecule has 76 valence electrons. The molecule has 0 saturated heterocycles. The molecule has 0 fully saturated rings. The number of phenols is 1. The summed E-state index contributed by atoms with van der Waals surface area (Å²) in [4.78, 5) is 0. The molecule has 0 amide bonds. The van der Waals surface area contributed by atoms with E-state index in [1.807, 2.05) is 6.07 Å². The number of nitrogens with one attached hydrogen (secondary N) is 1. The van der Waals surface area contributed by atoms with Gasteiger partial charge in [0.15, 0.2) is 0 Å². The second kappa shape index (κ2) is 3.88. The predicted octanol–water partition coefficient (Wildman–Crippen LogP) is 1.50. The molecule has 14 heavy (non-hydrogen) atoms. The van der Waals surface area contributed by atoms with Crippen molar-refractivity contribution in [2.75, 3.05) is 11.9 Å². The summed E-state index contributed by atoms with van der Waals surface area (Å²) in [6, 6.07) is 5.49. The number of aliphatic hydroxyl groups excluding tert-OH is 1. The molecule has 1 aromatic carbocycles. The number of hydrogen-bond acceptors (Lipinski definition) is 3. The molecule has 0 aromatic heterocycles. The molecular weight excluding hydrogens is 178 g/mol. The van der Waals surface area contributed by atoms with Gasteiger partial charge in [0, 0.05) is 11.7 Å². The van der Waals surface area contributed by atoms with Crippen LogP contribution in [0.3, 0.4) is 0 Å². The Morgan fingerprint density at radius 3 is 3.07 bits per heavy atom. The Balaban J connectivity index is 2.27. The second-order valence-electron chi connectivity index (χ2n) is 3.76. The van der Waals surface area contributed by atoms with Gasteiger partial charge in [-0.1, -0.05) is 0 Å². The van der Waals surface area contributed by atoms with Crippen molar-refractivity contribution in [3.05, 3.63) is 23.8 Å². The van der Waals surface area contributed by atoms with Gasteiger partial charge >= 0.3 is 0 Å². The lowest BCUT2D eigenvalue weighted by atomic mass is 10.1. The van der Waals surface area contributed by atoms with Gasteiger partial charge in [-0.2, -0.15) is 0 Å². The SMILES string of the molecule is OCC1CCCc2cc(O)ccc2N1. The third kappa shape index (κ3) is 1.82. The molecule has 1 aromatic rings. The lowest BCUT2D eigenvalue weighted by molar-refractivity contribution is 0.268. The highest BCUT2D eigenvalue weighted by Gasteiger charge is 2.14. The normalized spacial score (nSPS) is 20.8. The smallest absolute Gasteiger partial charge is 0.116 e. The van der Waals surface area contributed by atoms with Crippen molar-refractivity contribution in [3.63, 3.8) is 0 Å². The van der Waals surface area contributed by atoms with E-state index in [1.54, 1.807) is 12.1 Å². The lowest BCUT2D eigenvalue weighted by Crippen LogP contribution is -2.22. The van der Waals surface area contributed by atoms with Crippen molar-refractivity contribution < 1.29 is 10.2 Å². The Bertz CT molecular complexity index is 325. The van der Waals surface area contributed by atoms with Gasteiger partial charge in [0.1, 0.15) is 5.75 Å². The number of aryl methyl sites for hydroxylation is 1. The number of anilines is 1. The zero-order chi connectivity index (χ0) is 9.97. The first-order valence-electron chi connectivity index (χ1n) is 4.99. The van der Waals surface area contributed by atoms with Gasteiger partial charge in [0.25, 0.3) is 0 Å². The Morgan fingerprint density at radius 2 is 2.29 bits per heavy atom. The van der Waals surface area contributed by atoms with Gasteiger partial charge in [-0.15, -0.1) is 0 Å². The number of rotatable bonds is 1. The summed E-state index contributed by atoms with van der Waals surface area (Å²) in [6.07, 6.45) is 2.99. The summed E-state index contributed by atoms with van der Waals surface area (Å²) in [5.74, 6) is 0.313. The van der Waals surface area contributed by atoms with Crippen LogP contribution < -0.4 is 5.32 Å². The summed E-state index contributed by atoms with van der Waals surface area (Å²) in [7, 11) is 0. The molecular formula is C11H15NO2. The molecule has 1 aliphatic heterocycles. The van der Waals surface area contributed by atoms with E-state index < -0.39 is 0 Å². The zero-order valence-electron chi connectivity index (χ0n) is 8.03. The first kappa shape index (κ1) is 9.34. The maximum Gasteiger partial charge on any atom is 0.116 e. The molecule has 3 nitrogen and oxygen atoms in total. The van der Waals surface area contributed by atoms with Crippen molar-refractivity contribution in [1.29, 1.82) is 0 Å². The number of phenolic OH excluding ortho intramolecular Hbond substituents is 1. The maximum atomic E-state index is 9.33. The van der Waals surface area contributed by atoms with Crippen LogP contribution in [-0.4, -0.2) is 22.9 Å². The third-order valence-electron chi connectivity index (χ3n) is 2.67. The Labute approximate surface area is 83.4 Å². The molecule has 3 heteroatoms. The van der Waals surface area contributed by atoms with E-state index >= 15 is 0 Å². The fourth-order valence-corrected chi connectivity index (χ4v) is 1.90. The van der Waals surface area contributed by atoms with Crippen LogP contribution in [0.2, 0.25) is 0 Å². The molecule has 0 spiro atoms. The molecule has 1 aliphatic rings. The average Bonchev–Trinajstić information content (AvgIpc) is 2.38. The largest absolute Gasteiger partial charge is 0.508 e. The van der Waals surface area contributed by atoms with Crippen LogP contribution in [0.1, 0.15) is 18.4 Å². The first-order chi connectivity index (χ1) is 6.79. The number of benzene rings is 1. The summed E-state index contributed by atoms with van der Waals surface area (Å²) < 4.78 is 0. The highest BCUT2D eigenvalue weighted by Crippen LogP contribution is 2.27. The third-order valence-corrected chi connectivity index (χ3v) is 2.67. The molecule has 0 saturated carbocycles. The van der Waals surface area contributed by atoms with E-state index in [-0.39, 0.29) is 12.6 Å². The predicted molar refractivity (Wildman–Crippen MR) is 55.5 cm³/mol.